The van der Waals surface area contributed by atoms with Crippen LogP contribution in [0, 0.1) is 5.92 Å². The molecule has 0 aliphatic carbocycles. The van der Waals surface area contributed by atoms with Gasteiger partial charge in [0, 0.05) is 44.7 Å². The molecular formula is C8H18N2V. The van der Waals surface area contributed by atoms with E-state index in [1.807, 2.05) is 0 Å². The zero-order chi connectivity index (χ0) is 7.89. The Bertz CT molecular complexity index is 84.4. The summed E-state index contributed by atoms with van der Waals surface area (Å²) in [6.45, 7) is 6.88. The van der Waals surface area contributed by atoms with Crippen LogP contribution in [0.25, 0.3) is 0 Å². The average molecular weight is 193 g/mol. The molecule has 2 nitrogen and oxygen atoms in total. The molecule has 0 saturated carbocycles. The maximum Gasteiger partial charge on any atom is 0.0255 e. The van der Waals surface area contributed by atoms with Crippen molar-refractivity contribution in [2.45, 2.75) is 32.9 Å². The maximum absolute atomic E-state index is 2.31. The molecule has 0 bridgehead atoms. The van der Waals surface area contributed by atoms with Gasteiger partial charge in [-0.3, -0.25) is 0 Å². The quantitative estimate of drug-likeness (QED) is 0.570. The molecule has 65 valence electrons. The maximum atomic E-state index is 2.31. The van der Waals surface area contributed by atoms with Crippen LogP contribution in [0.1, 0.15) is 20.8 Å². The fraction of sp³-hybridized carbons (Fsp3) is 1.00. The summed E-state index contributed by atoms with van der Waals surface area (Å²) in [5, 5.41) is 4.63. The molecule has 11 heavy (non-hydrogen) atoms. The molecule has 3 heteroatoms. The van der Waals surface area contributed by atoms with E-state index in [1.54, 1.807) is 0 Å². The molecule has 1 saturated heterocycles. The van der Waals surface area contributed by atoms with Crippen molar-refractivity contribution in [1.82, 2.24) is 10.0 Å². The van der Waals surface area contributed by atoms with Gasteiger partial charge in [-0.15, -0.1) is 0 Å². The molecule has 0 N–H and O–H groups in total. The van der Waals surface area contributed by atoms with Gasteiger partial charge < -0.3 is 0 Å². The van der Waals surface area contributed by atoms with E-state index < -0.39 is 0 Å². The van der Waals surface area contributed by atoms with E-state index in [2.05, 4.69) is 44.9 Å². The van der Waals surface area contributed by atoms with E-state index in [1.165, 1.54) is 0 Å². The van der Waals surface area contributed by atoms with Crippen LogP contribution in [0.15, 0.2) is 0 Å². The molecule has 1 heterocycles. The Labute approximate surface area is 81.8 Å². The van der Waals surface area contributed by atoms with Crippen LogP contribution in [-0.4, -0.2) is 36.2 Å². The van der Waals surface area contributed by atoms with Gasteiger partial charge in [-0.05, 0) is 19.8 Å². The Morgan fingerprint density at radius 3 is 1.18 bits per heavy atom. The van der Waals surface area contributed by atoms with E-state index in [0.29, 0.717) is 12.1 Å². The molecule has 0 spiro atoms. The van der Waals surface area contributed by atoms with Gasteiger partial charge in [0.2, 0.25) is 0 Å². The third kappa shape index (κ3) is 1.81. The third-order valence-corrected chi connectivity index (χ3v) is 3.20. The monoisotopic (exact) mass is 193 g/mol. The van der Waals surface area contributed by atoms with E-state index >= 15 is 0 Å². The summed E-state index contributed by atoms with van der Waals surface area (Å²) >= 11 is 0. The van der Waals surface area contributed by atoms with E-state index in [0.717, 1.165) is 5.92 Å². The van der Waals surface area contributed by atoms with Crippen LogP contribution >= 0.6 is 0 Å². The van der Waals surface area contributed by atoms with E-state index in [9.17, 15) is 0 Å². The molecule has 0 aromatic carbocycles. The third-order valence-electron chi connectivity index (χ3n) is 3.20. The van der Waals surface area contributed by atoms with Crippen molar-refractivity contribution in [3.8, 4) is 0 Å². The molecule has 2 atom stereocenters. The smallest absolute Gasteiger partial charge is 0.0255 e. The van der Waals surface area contributed by atoms with Gasteiger partial charge in [-0.1, -0.05) is 6.92 Å². The molecule has 1 fully saturated rings. The zero-order valence-electron chi connectivity index (χ0n) is 8.07. The van der Waals surface area contributed by atoms with Crippen molar-refractivity contribution in [3.63, 3.8) is 0 Å². The van der Waals surface area contributed by atoms with Crippen molar-refractivity contribution in [1.29, 1.82) is 0 Å². The normalized spacial score (nSPS) is 40.6. The second-order valence-electron chi connectivity index (χ2n) is 3.49. The van der Waals surface area contributed by atoms with Gasteiger partial charge in [-0.2, -0.15) is 0 Å². The summed E-state index contributed by atoms with van der Waals surface area (Å²) in [6, 6.07) is 1.39. The summed E-state index contributed by atoms with van der Waals surface area (Å²) in [4.78, 5) is 0. The molecule has 1 radical (unpaired) electrons. The van der Waals surface area contributed by atoms with Crippen molar-refractivity contribution in [2.75, 3.05) is 14.1 Å². The Morgan fingerprint density at radius 2 is 1.09 bits per heavy atom. The first kappa shape index (κ1) is 11.5. The molecule has 1 aliphatic rings. The number of nitrogens with zero attached hydrogens (tertiary/aromatic N) is 2. The van der Waals surface area contributed by atoms with Crippen molar-refractivity contribution in [3.05, 3.63) is 0 Å². The Kier molecular flexibility index (Phi) is 4.13. The first-order valence-electron chi connectivity index (χ1n) is 4.01. The van der Waals surface area contributed by atoms with Crippen LogP contribution in [0.4, 0.5) is 0 Å². The van der Waals surface area contributed by atoms with Crippen molar-refractivity contribution >= 4 is 0 Å². The Morgan fingerprint density at radius 1 is 0.818 bits per heavy atom. The first-order valence-corrected chi connectivity index (χ1v) is 4.01. The SMILES string of the molecule is CC1C(C)N(C)N(C)C1C.[V]. The van der Waals surface area contributed by atoms with Gasteiger partial charge >= 0.3 is 0 Å². The first-order chi connectivity index (χ1) is 4.55. The average Bonchev–Trinajstić information content (AvgIpc) is 2.07. The van der Waals surface area contributed by atoms with Crippen molar-refractivity contribution < 1.29 is 18.6 Å². The van der Waals surface area contributed by atoms with Gasteiger partial charge in [0.05, 0.1) is 0 Å². The van der Waals surface area contributed by atoms with Crippen LogP contribution in [0.5, 0.6) is 0 Å². The second-order valence-corrected chi connectivity index (χ2v) is 3.49. The molecule has 2 unspecified atom stereocenters. The number of hydrogen-bond donors (Lipinski definition) is 0. The number of hydrogen-bond acceptors (Lipinski definition) is 2. The van der Waals surface area contributed by atoms with Gasteiger partial charge in [0.1, 0.15) is 0 Å². The van der Waals surface area contributed by atoms with E-state index in [4.69, 9.17) is 0 Å². The molecular weight excluding hydrogens is 175 g/mol. The largest absolute Gasteiger partial charge is 0.242 e. The summed E-state index contributed by atoms with van der Waals surface area (Å²) in [6.07, 6.45) is 0. The zero-order valence-corrected chi connectivity index (χ0v) is 9.47. The summed E-state index contributed by atoms with van der Waals surface area (Å²) in [7, 11) is 4.31. The summed E-state index contributed by atoms with van der Waals surface area (Å²) < 4.78 is 0. The fourth-order valence-electron chi connectivity index (χ4n) is 1.66. The summed E-state index contributed by atoms with van der Waals surface area (Å²) in [5.41, 5.74) is 0. The number of rotatable bonds is 0. The fourth-order valence-corrected chi connectivity index (χ4v) is 1.66. The molecule has 0 aromatic heterocycles. The van der Waals surface area contributed by atoms with Crippen LogP contribution in [0.2, 0.25) is 0 Å². The minimum atomic E-state index is 0. The van der Waals surface area contributed by atoms with Crippen LogP contribution < -0.4 is 0 Å². The van der Waals surface area contributed by atoms with Gasteiger partial charge in [0.15, 0.2) is 0 Å². The minimum Gasteiger partial charge on any atom is -0.242 e. The van der Waals surface area contributed by atoms with Gasteiger partial charge in [-0.25, -0.2) is 10.0 Å². The molecule has 1 aliphatic heterocycles. The minimum absolute atomic E-state index is 0. The van der Waals surface area contributed by atoms with Crippen LogP contribution in [0.3, 0.4) is 0 Å². The Balaban J connectivity index is 0.000001000. The van der Waals surface area contributed by atoms with Gasteiger partial charge in [0.25, 0.3) is 0 Å². The Hall–Kier alpha value is 0.504. The molecule has 0 aromatic rings. The predicted octanol–water partition coefficient (Wildman–Crippen LogP) is 1.19. The standard InChI is InChI=1S/C8H18N2.V/c1-6-7(2)9(4)10(5)8(6)3;/h6-8H,1-5H3;. The second kappa shape index (κ2) is 3.95. The topological polar surface area (TPSA) is 6.48 Å². The molecule has 1 rings (SSSR count). The predicted molar refractivity (Wildman–Crippen MR) is 43.6 cm³/mol. The van der Waals surface area contributed by atoms with E-state index in [-0.39, 0.29) is 18.6 Å². The number of hydrazine groups is 1. The van der Waals surface area contributed by atoms with Crippen molar-refractivity contribution in [2.24, 2.45) is 5.92 Å². The molecule has 0 amide bonds. The van der Waals surface area contributed by atoms with Crippen LogP contribution in [-0.2, 0) is 18.6 Å². The summed E-state index contributed by atoms with van der Waals surface area (Å²) in [5.74, 6) is 0.787.